The lowest BCUT2D eigenvalue weighted by Crippen LogP contribution is -2.60. The first-order valence-electron chi connectivity index (χ1n) is 27.6. The molecule has 4 heterocycles. The molecule has 0 bridgehead atoms. The van der Waals surface area contributed by atoms with Crippen LogP contribution in [-0.2, 0) is 29.4 Å². The molecule has 6 aromatic rings. The van der Waals surface area contributed by atoms with E-state index in [-0.39, 0.29) is 28.3 Å². The number of anilines is 2. The molecular weight excluding hydrogens is 977 g/mol. The first-order chi connectivity index (χ1) is 36.6. The Balaban J connectivity index is 0.780. The Hall–Kier alpha value is -6.33. The van der Waals surface area contributed by atoms with Crippen molar-refractivity contribution < 1.29 is 28.0 Å². The molecule has 76 heavy (non-hydrogen) atoms. The van der Waals surface area contributed by atoms with Gasteiger partial charge in [-0.2, -0.15) is 0 Å². The summed E-state index contributed by atoms with van der Waals surface area (Å²) in [6.45, 7) is 12.7. The van der Waals surface area contributed by atoms with Crippen molar-refractivity contribution in [1.82, 2.24) is 24.5 Å². The standard InChI is InChI=1S/C60H72N8O7S/c1-40(2)49-12-6-7-14-51(49)55-39-65(38-44-11-8-10-42-9-4-5-13-50(42)44)29-30-67(55)46-34-60(35-46)24-27-66(28-25-60)45-15-17-52(56(32-45)75-47-31-43-21-26-61-57(43)63-37-47)58(69)64-76(73,74)48-16-18-53(54(33-48)68(71)72)62-36-41-19-22-59(3,70)23-20-41/h6-8,10-12,14-18,21,26,31-33,37,40-41,46,55,62,70H,4-5,9,13,19-20,22-25,27-30,34-36,38-39H2,1-3H3,(H,61,63)(H,64,69). The molecule has 4 N–H and O–H groups in total. The lowest BCUT2D eigenvalue weighted by molar-refractivity contribution is -0.384. The van der Waals surface area contributed by atoms with Gasteiger partial charge in [-0.15, -0.1) is 0 Å². The van der Waals surface area contributed by atoms with Crippen LogP contribution in [0, 0.1) is 21.4 Å². The van der Waals surface area contributed by atoms with Gasteiger partial charge in [-0.3, -0.25) is 24.7 Å². The topological polar surface area (TPSA) is 186 Å². The van der Waals surface area contributed by atoms with Crippen LogP contribution in [0.1, 0.15) is 135 Å². The highest BCUT2D eigenvalue weighted by Gasteiger charge is 2.50. The smallest absolute Gasteiger partial charge is 0.293 e. The molecule has 2 aliphatic heterocycles. The maximum Gasteiger partial charge on any atom is 0.293 e. The highest BCUT2D eigenvalue weighted by molar-refractivity contribution is 7.90. The zero-order chi connectivity index (χ0) is 52.8. The van der Waals surface area contributed by atoms with Crippen molar-refractivity contribution in [2.75, 3.05) is 49.5 Å². The molecule has 2 saturated carbocycles. The number of hydrogen-bond donors (Lipinski definition) is 4. The predicted molar refractivity (Wildman–Crippen MR) is 297 cm³/mol. The summed E-state index contributed by atoms with van der Waals surface area (Å²) in [4.78, 5) is 40.8. The zero-order valence-corrected chi connectivity index (χ0v) is 44.9. The highest BCUT2D eigenvalue weighted by atomic mass is 32.2. The lowest BCUT2D eigenvalue weighted by Gasteiger charge is -2.58. The van der Waals surface area contributed by atoms with Gasteiger partial charge >= 0.3 is 0 Å². The number of ether oxygens (including phenoxy) is 1. The molecule has 1 spiro atoms. The van der Waals surface area contributed by atoms with E-state index >= 15 is 0 Å². The third kappa shape index (κ3) is 11.0. The van der Waals surface area contributed by atoms with Crippen molar-refractivity contribution in [2.24, 2.45) is 11.3 Å². The minimum atomic E-state index is -4.59. The fourth-order valence-electron chi connectivity index (χ4n) is 13.2. The van der Waals surface area contributed by atoms with Gasteiger partial charge in [-0.1, -0.05) is 56.3 Å². The normalized spacial score (nSPS) is 22.3. The number of pyridine rings is 1. The van der Waals surface area contributed by atoms with Crippen molar-refractivity contribution in [3.63, 3.8) is 0 Å². The van der Waals surface area contributed by atoms with Gasteiger partial charge < -0.3 is 25.0 Å². The molecule has 4 aromatic carbocycles. The van der Waals surface area contributed by atoms with E-state index in [1.807, 2.05) is 19.1 Å². The van der Waals surface area contributed by atoms with Crippen LogP contribution in [-0.4, -0.2) is 95.0 Å². The van der Waals surface area contributed by atoms with Crippen LogP contribution >= 0.6 is 0 Å². The van der Waals surface area contributed by atoms with E-state index in [2.05, 4.69) is 91.0 Å². The second-order valence-corrected chi connectivity index (χ2v) is 24.8. The molecular formula is C60H72N8O7S. The number of aliphatic hydroxyl groups is 1. The molecule has 2 aromatic heterocycles. The van der Waals surface area contributed by atoms with Crippen molar-refractivity contribution >= 4 is 44.0 Å². The van der Waals surface area contributed by atoms with Crippen molar-refractivity contribution in [1.29, 1.82) is 0 Å². The molecule has 0 radical (unpaired) electrons. The Labute approximate surface area is 446 Å². The molecule has 2 saturated heterocycles. The number of nitrogens with one attached hydrogen (secondary N) is 3. The summed E-state index contributed by atoms with van der Waals surface area (Å²) in [5, 5.41) is 26.5. The molecule has 11 rings (SSSR count). The second-order valence-electron chi connectivity index (χ2n) is 23.1. The average Bonchev–Trinajstić information content (AvgIpc) is 3.92. The number of nitrogens with zero attached hydrogens (tertiary/aromatic N) is 5. The maximum absolute atomic E-state index is 14.1. The van der Waals surface area contributed by atoms with E-state index in [1.165, 1.54) is 54.5 Å². The number of carbonyl (C=O) groups is 1. The quantitative estimate of drug-likeness (QED) is 0.0564. The SMILES string of the molecule is CC(C)c1ccccc1C1CN(Cc2cccc3c2CCCC3)CCN1C1CC2(CCN(c3ccc(C(=O)NS(=O)(=O)c4ccc(NCC5CCC(C)(O)CC5)c([N+](=O)[O-])c4)c(Oc4cnc5[nH]ccc5c4)c3)CC2)C1. The van der Waals surface area contributed by atoms with E-state index in [0.29, 0.717) is 48.8 Å². The molecule has 5 aliphatic rings. The van der Waals surface area contributed by atoms with Gasteiger partial charge in [0, 0.05) is 87.3 Å². The third-order valence-corrected chi connectivity index (χ3v) is 19.0. The van der Waals surface area contributed by atoms with Gasteiger partial charge in [0.15, 0.2) is 0 Å². The number of piperazine rings is 1. The lowest BCUT2D eigenvalue weighted by atomic mass is 9.59. The van der Waals surface area contributed by atoms with Crippen LogP contribution in [0.25, 0.3) is 11.0 Å². The van der Waals surface area contributed by atoms with E-state index in [1.54, 1.807) is 41.7 Å². The van der Waals surface area contributed by atoms with Crippen LogP contribution in [0.5, 0.6) is 11.5 Å². The predicted octanol–water partition coefficient (Wildman–Crippen LogP) is 11.0. The summed E-state index contributed by atoms with van der Waals surface area (Å²) in [6.07, 6.45) is 15.5. The van der Waals surface area contributed by atoms with Crippen LogP contribution < -0.4 is 19.7 Å². The summed E-state index contributed by atoms with van der Waals surface area (Å²) in [6, 6.07) is 29.4. The number of fused-ring (bicyclic) bond motifs is 2. The number of benzene rings is 4. The molecule has 15 nitrogen and oxygen atoms in total. The average molecular weight is 1050 g/mol. The Morgan fingerprint density at radius 1 is 0.934 bits per heavy atom. The monoisotopic (exact) mass is 1050 g/mol. The maximum atomic E-state index is 14.1. The number of aromatic nitrogens is 2. The summed E-state index contributed by atoms with van der Waals surface area (Å²) in [7, 11) is -4.59. The summed E-state index contributed by atoms with van der Waals surface area (Å²) < 4.78 is 36.3. The fraction of sp³-hybridized carbons (Fsp3) is 0.467. The number of hydrogen-bond acceptors (Lipinski definition) is 12. The van der Waals surface area contributed by atoms with Gasteiger partial charge in [-0.25, -0.2) is 18.1 Å². The van der Waals surface area contributed by atoms with E-state index in [0.717, 1.165) is 94.9 Å². The number of rotatable bonds is 15. The number of piperidine rings is 1. The Morgan fingerprint density at radius 3 is 2.51 bits per heavy atom. The number of sulfonamides is 1. The van der Waals surface area contributed by atoms with Crippen LogP contribution in [0.3, 0.4) is 0 Å². The largest absolute Gasteiger partial charge is 0.455 e. The van der Waals surface area contributed by atoms with Gasteiger partial charge in [-0.05, 0) is 165 Å². The minimum Gasteiger partial charge on any atom is -0.455 e. The summed E-state index contributed by atoms with van der Waals surface area (Å²) >= 11 is 0. The zero-order valence-electron chi connectivity index (χ0n) is 44.1. The van der Waals surface area contributed by atoms with Gasteiger partial charge in [0.1, 0.15) is 22.8 Å². The van der Waals surface area contributed by atoms with E-state index in [9.17, 15) is 28.4 Å². The first-order valence-corrected chi connectivity index (χ1v) is 29.1. The van der Waals surface area contributed by atoms with Gasteiger partial charge in [0.05, 0.1) is 27.2 Å². The van der Waals surface area contributed by atoms with Crippen LogP contribution in [0.15, 0.2) is 108 Å². The van der Waals surface area contributed by atoms with Gasteiger partial charge in [0.2, 0.25) is 0 Å². The third-order valence-electron chi connectivity index (χ3n) is 17.6. The van der Waals surface area contributed by atoms with E-state index < -0.39 is 37.0 Å². The summed E-state index contributed by atoms with van der Waals surface area (Å²) in [5.41, 5.74) is 8.36. The van der Waals surface area contributed by atoms with Crippen molar-refractivity contribution in [2.45, 2.75) is 133 Å². The Bertz CT molecular complexity index is 3220. The Morgan fingerprint density at radius 2 is 1.72 bits per heavy atom. The van der Waals surface area contributed by atoms with Crippen LogP contribution in [0.2, 0.25) is 0 Å². The van der Waals surface area contributed by atoms with Gasteiger partial charge in [0.25, 0.3) is 21.6 Å². The number of aromatic amines is 1. The highest BCUT2D eigenvalue weighted by Crippen LogP contribution is 2.53. The second kappa shape index (κ2) is 21.2. The summed E-state index contributed by atoms with van der Waals surface area (Å²) in [5.74, 6) is 0.214. The number of H-pyrrole nitrogens is 1. The number of nitro groups is 1. The number of amides is 1. The molecule has 3 aliphatic carbocycles. The van der Waals surface area contributed by atoms with Crippen molar-refractivity contribution in [3.05, 3.63) is 147 Å². The first kappa shape index (κ1) is 51.8. The molecule has 1 amide bonds. The number of nitro benzene ring substituents is 1. The molecule has 1 atom stereocenters. The van der Waals surface area contributed by atoms with Crippen LogP contribution in [0.4, 0.5) is 17.1 Å². The number of carbonyl (C=O) groups excluding carboxylic acids is 1. The number of aryl methyl sites for hydroxylation is 1. The van der Waals surface area contributed by atoms with Crippen molar-refractivity contribution in [3.8, 4) is 11.5 Å². The molecule has 16 heteroatoms. The molecule has 400 valence electrons. The fourth-order valence-corrected chi connectivity index (χ4v) is 14.2. The Kier molecular flexibility index (Phi) is 14.5. The van der Waals surface area contributed by atoms with E-state index in [4.69, 9.17) is 4.74 Å². The molecule has 1 unspecified atom stereocenters. The molecule has 4 fully saturated rings. The minimum absolute atomic E-state index is 0.0205.